The van der Waals surface area contributed by atoms with Gasteiger partial charge in [0.2, 0.25) is 5.91 Å². The fourth-order valence-corrected chi connectivity index (χ4v) is 2.67. The second-order valence-electron chi connectivity index (χ2n) is 6.25. The van der Waals surface area contributed by atoms with Crippen molar-refractivity contribution >= 4 is 29.2 Å². The van der Waals surface area contributed by atoms with E-state index in [1.54, 1.807) is 42.5 Å². The average Bonchev–Trinajstić information content (AvgIpc) is 2.74. The van der Waals surface area contributed by atoms with Crippen LogP contribution in [0.15, 0.2) is 84.9 Å². The summed E-state index contributed by atoms with van der Waals surface area (Å²) in [6, 6.07) is 24.7. The Balaban J connectivity index is 1.58. The Morgan fingerprint density at radius 2 is 1.31 bits per heavy atom. The number of hydrogen-bond acceptors (Lipinski definition) is 4. The minimum absolute atomic E-state index is 0.182. The fourth-order valence-electron chi connectivity index (χ4n) is 2.67. The van der Waals surface area contributed by atoms with E-state index in [-0.39, 0.29) is 17.9 Å². The normalized spacial score (nSPS) is 10.1. The van der Waals surface area contributed by atoms with Gasteiger partial charge >= 0.3 is 5.97 Å². The molecular formula is C23H20N2O4. The molecule has 3 rings (SSSR count). The van der Waals surface area contributed by atoms with Gasteiger partial charge in [-0.3, -0.25) is 9.59 Å². The number of para-hydroxylation sites is 2. The van der Waals surface area contributed by atoms with Gasteiger partial charge in [-0.25, -0.2) is 4.79 Å². The highest BCUT2D eigenvalue weighted by Crippen LogP contribution is 2.17. The van der Waals surface area contributed by atoms with Crippen molar-refractivity contribution in [2.24, 2.45) is 0 Å². The van der Waals surface area contributed by atoms with Crippen molar-refractivity contribution in [2.75, 3.05) is 17.2 Å². The summed E-state index contributed by atoms with van der Waals surface area (Å²) in [6.45, 7) is -0.431. The topological polar surface area (TPSA) is 84.5 Å². The van der Waals surface area contributed by atoms with Gasteiger partial charge in [-0.1, -0.05) is 60.7 Å². The molecule has 0 spiro atoms. The molecule has 3 aromatic rings. The largest absolute Gasteiger partial charge is 0.452 e. The van der Waals surface area contributed by atoms with Crippen LogP contribution in [0.2, 0.25) is 0 Å². The van der Waals surface area contributed by atoms with Gasteiger partial charge in [-0.05, 0) is 29.8 Å². The zero-order valence-electron chi connectivity index (χ0n) is 15.6. The summed E-state index contributed by atoms with van der Waals surface area (Å²) in [5, 5.41) is 5.36. The first-order valence-electron chi connectivity index (χ1n) is 9.06. The Labute approximate surface area is 168 Å². The molecule has 3 aromatic carbocycles. The Morgan fingerprint density at radius 1 is 0.690 bits per heavy atom. The molecule has 2 N–H and O–H groups in total. The molecule has 146 valence electrons. The van der Waals surface area contributed by atoms with Crippen LogP contribution in [0, 0.1) is 0 Å². The predicted octanol–water partition coefficient (Wildman–Crippen LogP) is 3.66. The zero-order valence-corrected chi connectivity index (χ0v) is 15.6. The fraction of sp³-hybridized carbons (Fsp3) is 0.0870. The molecule has 0 bridgehead atoms. The molecule has 0 saturated heterocycles. The van der Waals surface area contributed by atoms with Crippen LogP contribution >= 0.6 is 0 Å². The molecule has 0 fully saturated rings. The summed E-state index contributed by atoms with van der Waals surface area (Å²) in [4.78, 5) is 36.7. The number of anilines is 2. The minimum Gasteiger partial charge on any atom is -0.452 e. The van der Waals surface area contributed by atoms with E-state index in [9.17, 15) is 14.4 Å². The van der Waals surface area contributed by atoms with Crippen LogP contribution in [-0.4, -0.2) is 24.4 Å². The summed E-state index contributed by atoms with van der Waals surface area (Å²) in [6.07, 6.45) is 0.184. The van der Waals surface area contributed by atoms with Crippen molar-refractivity contribution < 1.29 is 19.1 Å². The lowest BCUT2D eigenvalue weighted by molar-refractivity contribution is -0.119. The maximum atomic E-state index is 12.4. The Bertz CT molecular complexity index is 988. The lowest BCUT2D eigenvalue weighted by Crippen LogP contribution is -2.22. The second kappa shape index (κ2) is 9.85. The highest BCUT2D eigenvalue weighted by atomic mass is 16.5. The predicted molar refractivity (Wildman–Crippen MR) is 111 cm³/mol. The molecule has 0 aliphatic heterocycles. The second-order valence-corrected chi connectivity index (χ2v) is 6.25. The Morgan fingerprint density at radius 3 is 2.03 bits per heavy atom. The summed E-state index contributed by atoms with van der Waals surface area (Å²) >= 11 is 0. The number of ether oxygens (including phenoxy) is 1. The molecule has 0 unspecified atom stereocenters. The molecule has 0 aromatic heterocycles. The van der Waals surface area contributed by atoms with Crippen LogP contribution in [0.25, 0.3) is 0 Å². The first-order valence-corrected chi connectivity index (χ1v) is 9.06. The smallest absolute Gasteiger partial charge is 0.340 e. The minimum atomic E-state index is -0.691. The van der Waals surface area contributed by atoms with Crippen LogP contribution < -0.4 is 10.6 Å². The Hall–Kier alpha value is -3.93. The number of amides is 2. The van der Waals surface area contributed by atoms with E-state index in [1.165, 1.54) is 6.07 Å². The van der Waals surface area contributed by atoms with Gasteiger partial charge in [0.1, 0.15) is 0 Å². The summed E-state index contributed by atoms with van der Waals surface area (Å²) in [5.74, 6) is -1.39. The maximum Gasteiger partial charge on any atom is 0.340 e. The van der Waals surface area contributed by atoms with Crippen LogP contribution in [0.5, 0.6) is 0 Å². The SMILES string of the molecule is O=C(COC(=O)c1ccccc1NC(=O)Cc1ccccc1)Nc1ccccc1. The molecule has 6 nitrogen and oxygen atoms in total. The summed E-state index contributed by atoms with van der Waals surface area (Å²) in [5.41, 5.74) is 1.99. The van der Waals surface area contributed by atoms with E-state index >= 15 is 0 Å². The standard InChI is InChI=1S/C23H20N2O4/c26-21(15-17-9-3-1-4-10-17)25-20-14-8-7-13-19(20)23(28)29-16-22(27)24-18-11-5-2-6-12-18/h1-14H,15-16H2,(H,24,27)(H,25,26). The first kappa shape index (κ1) is 19.8. The highest BCUT2D eigenvalue weighted by molar-refractivity contribution is 6.02. The number of carbonyl (C=O) groups excluding carboxylic acids is 3. The number of rotatable bonds is 7. The van der Waals surface area contributed by atoms with E-state index in [2.05, 4.69) is 10.6 Å². The number of carbonyl (C=O) groups is 3. The molecule has 0 heterocycles. The number of hydrogen-bond donors (Lipinski definition) is 2. The van der Waals surface area contributed by atoms with Crippen molar-refractivity contribution in [1.82, 2.24) is 0 Å². The summed E-state index contributed by atoms with van der Waals surface area (Å²) < 4.78 is 5.10. The quantitative estimate of drug-likeness (QED) is 0.605. The van der Waals surface area contributed by atoms with Crippen molar-refractivity contribution in [3.63, 3.8) is 0 Å². The lowest BCUT2D eigenvalue weighted by atomic mass is 10.1. The lowest BCUT2D eigenvalue weighted by Gasteiger charge is -2.11. The number of nitrogens with one attached hydrogen (secondary N) is 2. The van der Waals surface area contributed by atoms with Crippen molar-refractivity contribution in [3.8, 4) is 0 Å². The van der Waals surface area contributed by atoms with E-state index in [4.69, 9.17) is 4.74 Å². The van der Waals surface area contributed by atoms with Crippen molar-refractivity contribution in [3.05, 3.63) is 96.1 Å². The van der Waals surface area contributed by atoms with Crippen LogP contribution in [0.4, 0.5) is 11.4 Å². The van der Waals surface area contributed by atoms with E-state index in [1.807, 2.05) is 36.4 Å². The van der Waals surface area contributed by atoms with E-state index in [0.29, 0.717) is 11.4 Å². The van der Waals surface area contributed by atoms with Crippen LogP contribution in [0.1, 0.15) is 15.9 Å². The van der Waals surface area contributed by atoms with Gasteiger partial charge in [0, 0.05) is 5.69 Å². The maximum absolute atomic E-state index is 12.4. The third kappa shape index (κ3) is 6.04. The molecule has 2 amide bonds. The zero-order chi connectivity index (χ0) is 20.5. The third-order valence-corrected chi connectivity index (χ3v) is 4.02. The third-order valence-electron chi connectivity index (χ3n) is 4.02. The summed E-state index contributed by atoms with van der Waals surface area (Å²) in [7, 11) is 0. The monoisotopic (exact) mass is 388 g/mol. The van der Waals surface area contributed by atoms with Gasteiger partial charge in [-0.15, -0.1) is 0 Å². The van der Waals surface area contributed by atoms with E-state index in [0.717, 1.165) is 5.56 Å². The molecule has 0 aliphatic rings. The first-order chi connectivity index (χ1) is 14.1. The number of esters is 1. The molecule has 0 aliphatic carbocycles. The van der Waals surface area contributed by atoms with E-state index < -0.39 is 18.5 Å². The highest BCUT2D eigenvalue weighted by Gasteiger charge is 2.16. The average molecular weight is 388 g/mol. The molecule has 29 heavy (non-hydrogen) atoms. The molecule has 0 saturated carbocycles. The van der Waals surface area contributed by atoms with Gasteiger partial charge < -0.3 is 15.4 Å². The van der Waals surface area contributed by atoms with Gasteiger partial charge in [0.05, 0.1) is 17.7 Å². The number of benzene rings is 3. The van der Waals surface area contributed by atoms with Gasteiger partial charge in [-0.2, -0.15) is 0 Å². The van der Waals surface area contributed by atoms with Crippen LogP contribution in [0.3, 0.4) is 0 Å². The molecule has 0 radical (unpaired) electrons. The van der Waals surface area contributed by atoms with Gasteiger partial charge in [0.15, 0.2) is 6.61 Å². The Kier molecular flexibility index (Phi) is 6.73. The molecule has 6 heteroatoms. The molecular weight excluding hydrogens is 368 g/mol. The van der Waals surface area contributed by atoms with Crippen LogP contribution in [-0.2, 0) is 20.7 Å². The van der Waals surface area contributed by atoms with Crippen molar-refractivity contribution in [1.29, 1.82) is 0 Å². The van der Waals surface area contributed by atoms with Crippen molar-refractivity contribution in [2.45, 2.75) is 6.42 Å². The molecule has 0 atom stereocenters. The van der Waals surface area contributed by atoms with Gasteiger partial charge in [0.25, 0.3) is 5.91 Å².